The average Bonchev–Trinajstić information content (AvgIpc) is 3.98. The number of pyridine rings is 1. The minimum absolute atomic E-state index is 0.572. The highest BCUT2D eigenvalue weighted by Crippen LogP contribution is 2.39. The lowest BCUT2D eigenvalue weighted by Gasteiger charge is -2.16. The fraction of sp³-hybridized carbons (Fsp3) is 0. The second-order valence-corrected chi connectivity index (χ2v) is 15.5. The van der Waals surface area contributed by atoms with Gasteiger partial charge in [0.15, 0.2) is 17.5 Å². The molecular formula is C54H32N6O. The highest BCUT2D eigenvalue weighted by molar-refractivity contribution is 6.12. The summed E-state index contributed by atoms with van der Waals surface area (Å²) < 4.78 is 11.1. The predicted molar refractivity (Wildman–Crippen MR) is 247 cm³/mol. The minimum Gasteiger partial charge on any atom is -0.456 e. The van der Waals surface area contributed by atoms with Crippen molar-refractivity contribution in [2.24, 2.45) is 0 Å². The summed E-state index contributed by atoms with van der Waals surface area (Å²) in [6.45, 7) is 0. The van der Waals surface area contributed by atoms with Gasteiger partial charge in [0.05, 0.1) is 22.1 Å². The van der Waals surface area contributed by atoms with Crippen molar-refractivity contribution in [2.75, 3.05) is 0 Å². The van der Waals surface area contributed by atoms with E-state index < -0.39 is 0 Å². The Bertz CT molecular complexity index is 3660. The maximum absolute atomic E-state index is 6.38. The third-order valence-corrected chi connectivity index (χ3v) is 12.0. The average molecular weight is 781 g/mol. The lowest BCUT2D eigenvalue weighted by molar-refractivity contribution is 0.669. The Balaban J connectivity index is 1.09. The van der Waals surface area contributed by atoms with Crippen LogP contribution in [-0.4, -0.2) is 29.1 Å². The molecule has 0 fully saturated rings. The Morgan fingerprint density at radius 1 is 0.344 bits per heavy atom. The summed E-state index contributed by atoms with van der Waals surface area (Å²) in [6.07, 6.45) is 3.70. The van der Waals surface area contributed by atoms with E-state index in [2.05, 4.69) is 148 Å². The number of hydrogen-bond acceptors (Lipinski definition) is 5. The number of benzene rings is 8. The van der Waals surface area contributed by atoms with Crippen molar-refractivity contribution < 1.29 is 4.42 Å². The van der Waals surface area contributed by atoms with Gasteiger partial charge in [0, 0.05) is 78.2 Å². The van der Waals surface area contributed by atoms with E-state index in [0.29, 0.717) is 17.5 Å². The van der Waals surface area contributed by atoms with Crippen molar-refractivity contribution in [1.82, 2.24) is 29.1 Å². The molecule has 0 bridgehead atoms. The number of hydrogen-bond donors (Lipinski definition) is 0. The molecule has 0 unspecified atom stereocenters. The molecule has 13 rings (SSSR count). The van der Waals surface area contributed by atoms with Crippen LogP contribution in [0.5, 0.6) is 0 Å². The van der Waals surface area contributed by atoms with E-state index in [1.807, 2.05) is 60.9 Å². The second-order valence-electron chi connectivity index (χ2n) is 15.5. The predicted octanol–water partition coefficient (Wildman–Crippen LogP) is 13.5. The van der Waals surface area contributed by atoms with Gasteiger partial charge in [-0.2, -0.15) is 0 Å². The second kappa shape index (κ2) is 13.0. The number of fused-ring (bicyclic) bond motifs is 10. The van der Waals surface area contributed by atoms with Crippen LogP contribution in [0.3, 0.4) is 0 Å². The summed E-state index contributed by atoms with van der Waals surface area (Å²) in [6, 6.07) is 63.8. The first-order valence-corrected chi connectivity index (χ1v) is 20.4. The Morgan fingerprint density at radius 2 is 0.852 bits per heavy atom. The fourth-order valence-electron chi connectivity index (χ4n) is 9.23. The van der Waals surface area contributed by atoms with Crippen molar-refractivity contribution in [2.45, 2.75) is 0 Å². The van der Waals surface area contributed by atoms with E-state index in [1.54, 1.807) is 0 Å². The molecule has 0 aliphatic heterocycles. The molecule has 0 aliphatic rings. The number of furan rings is 1. The Morgan fingerprint density at radius 3 is 1.44 bits per heavy atom. The van der Waals surface area contributed by atoms with Crippen molar-refractivity contribution in [1.29, 1.82) is 0 Å². The zero-order chi connectivity index (χ0) is 40.0. The normalized spacial score (nSPS) is 11.9. The smallest absolute Gasteiger partial charge is 0.164 e. The van der Waals surface area contributed by atoms with Gasteiger partial charge in [-0.1, -0.05) is 103 Å². The molecular weight excluding hydrogens is 749 g/mol. The van der Waals surface area contributed by atoms with Gasteiger partial charge in [-0.05, 0) is 84.2 Å². The van der Waals surface area contributed by atoms with Crippen LogP contribution in [-0.2, 0) is 0 Å². The molecule has 0 amide bonds. The maximum atomic E-state index is 6.38. The zero-order valence-corrected chi connectivity index (χ0v) is 32.6. The molecule has 0 atom stereocenters. The maximum Gasteiger partial charge on any atom is 0.164 e. The van der Waals surface area contributed by atoms with E-state index in [0.717, 1.165) is 82.8 Å². The highest BCUT2D eigenvalue weighted by Gasteiger charge is 2.20. The van der Waals surface area contributed by atoms with E-state index in [4.69, 9.17) is 19.4 Å². The van der Waals surface area contributed by atoms with E-state index in [1.165, 1.54) is 21.5 Å². The largest absolute Gasteiger partial charge is 0.456 e. The van der Waals surface area contributed by atoms with Crippen LogP contribution < -0.4 is 0 Å². The van der Waals surface area contributed by atoms with Gasteiger partial charge in [-0.15, -0.1) is 0 Å². The number of rotatable bonds is 5. The third-order valence-electron chi connectivity index (χ3n) is 12.0. The quantitative estimate of drug-likeness (QED) is 0.174. The van der Waals surface area contributed by atoms with Crippen molar-refractivity contribution in [3.8, 4) is 45.5 Å². The van der Waals surface area contributed by atoms with E-state index in [9.17, 15) is 0 Å². The van der Waals surface area contributed by atoms with Crippen LogP contribution in [0.25, 0.3) is 122 Å². The lowest BCUT2D eigenvalue weighted by Crippen LogP contribution is -2.03. The van der Waals surface area contributed by atoms with Crippen LogP contribution in [0.4, 0.5) is 0 Å². The Labute approximate surface area is 348 Å². The van der Waals surface area contributed by atoms with E-state index >= 15 is 0 Å². The molecule has 0 spiro atoms. The van der Waals surface area contributed by atoms with Gasteiger partial charge in [-0.3, -0.25) is 4.98 Å². The molecule has 0 saturated carbocycles. The van der Waals surface area contributed by atoms with Crippen LogP contribution in [0.1, 0.15) is 0 Å². The third kappa shape index (κ3) is 5.24. The number of aromatic nitrogens is 6. The van der Waals surface area contributed by atoms with Crippen LogP contribution in [0, 0.1) is 0 Å². The van der Waals surface area contributed by atoms with Gasteiger partial charge in [0.1, 0.15) is 11.2 Å². The number of para-hydroxylation sites is 4. The standard InChI is InChI=1S/C54H32N6O/c1-2-12-33(13-3-1)52-56-53(35-22-23-50-44(28-35)45-29-37-32-55-25-24-34(37)30-51(45)61-50)58-54(57-52)36-26-38(59-46-18-8-4-14-40(46)41-15-5-9-19-47(41)59)31-39(27-36)60-48-20-10-6-16-42(48)43-17-7-11-21-49(43)60/h1-32H. The topological polar surface area (TPSA) is 74.6 Å². The Hall–Kier alpha value is -8.42. The highest BCUT2D eigenvalue weighted by atomic mass is 16.3. The van der Waals surface area contributed by atoms with Gasteiger partial charge in [0.25, 0.3) is 0 Å². The summed E-state index contributed by atoms with van der Waals surface area (Å²) in [5.41, 5.74) is 10.8. The van der Waals surface area contributed by atoms with Crippen molar-refractivity contribution in [3.05, 3.63) is 194 Å². The van der Waals surface area contributed by atoms with Gasteiger partial charge < -0.3 is 13.6 Å². The first kappa shape index (κ1) is 33.5. The molecule has 5 heterocycles. The van der Waals surface area contributed by atoms with Crippen LogP contribution in [0.15, 0.2) is 199 Å². The van der Waals surface area contributed by atoms with Gasteiger partial charge >= 0.3 is 0 Å². The number of nitrogens with zero attached hydrogens (tertiary/aromatic N) is 6. The molecule has 13 aromatic rings. The SMILES string of the molecule is c1ccc(-c2nc(-c3cc(-n4c5ccccc5c5ccccc54)cc(-n4c5ccccc5c5ccccc54)c3)nc(-c3ccc4oc5cc6ccncc6cc5c4c3)n2)cc1. The first-order chi connectivity index (χ1) is 30.2. The molecule has 0 N–H and O–H groups in total. The van der Waals surface area contributed by atoms with Crippen molar-refractivity contribution >= 4 is 76.3 Å². The van der Waals surface area contributed by atoms with Crippen LogP contribution >= 0.6 is 0 Å². The summed E-state index contributed by atoms with van der Waals surface area (Å²) in [5, 5.41) is 8.93. The van der Waals surface area contributed by atoms with Gasteiger partial charge in [0.2, 0.25) is 0 Å². The molecule has 7 heteroatoms. The molecule has 0 radical (unpaired) electrons. The molecule has 284 valence electrons. The van der Waals surface area contributed by atoms with E-state index in [-0.39, 0.29) is 0 Å². The monoisotopic (exact) mass is 780 g/mol. The Kier molecular flexibility index (Phi) is 7.17. The molecule has 7 nitrogen and oxygen atoms in total. The summed E-state index contributed by atoms with van der Waals surface area (Å²) in [5.74, 6) is 1.74. The van der Waals surface area contributed by atoms with Gasteiger partial charge in [-0.25, -0.2) is 15.0 Å². The summed E-state index contributed by atoms with van der Waals surface area (Å²) >= 11 is 0. The zero-order valence-electron chi connectivity index (χ0n) is 32.6. The van der Waals surface area contributed by atoms with Crippen molar-refractivity contribution in [3.63, 3.8) is 0 Å². The molecule has 0 saturated heterocycles. The first-order valence-electron chi connectivity index (χ1n) is 20.4. The molecule has 8 aromatic carbocycles. The lowest BCUT2D eigenvalue weighted by atomic mass is 10.1. The molecule has 5 aromatic heterocycles. The summed E-state index contributed by atoms with van der Waals surface area (Å²) in [7, 11) is 0. The molecule has 0 aliphatic carbocycles. The fourth-order valence-corrected chi connectivity index (χ4v) is 9.23. The molecule has 61 heavy (non-hydrogen) atoms. The van der Waals surface area contributed by atoms with Crippen LogP contribution in [0.2, 0.25) is 0 Å². The minimum atomic E-state index is 0.572. The summed E-state index contributed by atoms with van der Waals surface area (Å²) in [4.78, 5) is 20.1.